The summed E-state index contributed by atoms with van der Waals surface area (Å²) in [5.41, 5.74) is 0. The van der Waals surface area contributed by atoms with E-state index in [4.69, 9.17) is 25.0 Å². The van der Waals surface area contributed by atoms with Crippen molar-refractivity contribution in [3.8, 4) is 0 Å². The standard InChI is InChI=1S/C5H10O5.C4HF9O3S/c6-1-2-3(7)4(8)5(9)10-2;5-1(6,3(9,10)11)2(7,8)4(12,13)17(14,15)16/h2-9H,1H2;(H,14,15,16)/t2-,3-,4-,5-;/m1./s1. The second kappa shape index (κ2) is 7.84. The van der Waals surface area contributed by atoms with Crippen LogP contribution in [0.25, 0.3) is 0 Å². The van der Waals surface area contributed by atoms with Crippen molar-refractivity contribution >= 4 is 10.1 Å². The number of aliphatic hydroxyl groups excluding tert-OH is 4. The van der Waals surface area contributed by atoms with Crippen LogP contribution in [-0.2, 0) is 14.9 Å². The van der Waals surface area contributed by atoms with Gasteiger partial charge in [0.25, 0.3) is 0 Å². The predicted octanol–water partition coefficient (Wildman–Crippen LogP) is -0.282. The lowest BCUT2D eigenvalue weighted by Gasteiger charge is -2.31. The maximum absolute atomic E-state index is 12.2. The summed E-state index contributed by atoms with van der Waals surface area (Å²) in [5.74, 6) is -14.7. The average molecular weight is 450 g/mol. The van der Waals surface area contributed by atoms with E-state index in [1.807, 2.05) is 0 Å². The number of ether oxygens (including phenoxy) is 1. The lowest BCUT2D eigenvalue weighted by molar-refractivity contribution is -0.382. The summed E-state index contributed by atoms with van der Waals surface area (Å²) in [6.07, 6.45) is -11.9. The zero-order valence-electron chi connectivity index (χ0n) is 12.3. The van der Waals surface area contributed by atoms with Gasteiger partial charge in [0, 0.05) is 0 Å². The highest BCUT2D eigenvalue weighted by molar-refractivity contribution is 7.87. The second-order valence-electron chi connectivity index (χ2n) is 4.87. The van der Waals surface area contributed by atoms with Crippen LogP contribution in [0.2, 0.25) is 0 Å². The Morgan fingerprint density at radius 3 is 1.41 bits per heavy atom. The fraction of sp³-hybridized carbons (Fsp3) is 1.00. The van der Waals surface area contributed by atoms with Gasteiger partial charge < -0.3 is 25.2 Å². The van der Waals surface area contributed by atoms with Crippen LogP contribution in [0.3, 0.4) is 0 Å². The highest BCUT2D eigenvalue weighted by Crippen LogP contribution is 2.54. The molecule has 1 saturated heterocycles. The van der Waals surface area contributed by atoms with Gasteiger partial charge >= 0.3 is 33.4 Å². The maximum Gasteiger partial charge on any atom is 0.460 e. The summed E-state index contributed by atoms with van der Waals surface area (Å²) in [6.45, 7) is -0.407. The zero-order valence-corrected chi connectivity index (χ0v) is 13.1. The van der Waals surface area contributed by atoms with Crippen LogP contribution < -0.4 is 0 Å². The zero-order chi connectivity index (χ0) is 22.2. The first-order valence-electron chi connectivity index (χ1n) is 6.14. The van der Waals surface area contributed by atoms with Crippen LogP contribution in [0.4, 0.5) is 39.5 Å². The largest absolute Gasteiger partial charge is 0.460 e. The third-order valence-electron chi connectivity index (χ3n) is 2.96. The Labute approximate surface area is 143 Å². The minimum atomic E-state index is -7.37. The molecule has 0 spiro atoms. The van der Waals surface area contributed by atoms with Gasteiger partial charge in [0.15, 0.2) is 6.29 Å². The Morgan fingerprint density at radius 1 is 0.815 bits per heavy atom. The minimum absolute atomic E-state index is 0.407. The average Bonchev–Trinajstić information content (AvgIpc) is 2.72. The molecular formula is C9H11F9O8S. The first-order chi connectivity index (χ1) is 11.7. The summed E-state index contributed by atoms with van der Waals surface area (Å²) >= 11 is 0. The minimum Gasteiger partial charge on any atom is -0.394 e. The molecule has 1 aliphatic heterocycles. The third-order valence-corrected chi connectivity index (χ3v) is 3.86. The van der Waals surface area contributed by atoms with E-state index in [2.05, 4.69) is 4.74 Å². The van der Waals surface area contributed by atoms with Crippen molar-refractivity contribution in [1.82, 2.24) is 0 Å². The summed E-state index contributed by atoms with van der Waals surface area (Å²) in [4.78, 5) is 0. The van der Waals surface area contributed by atoms with E-state index >= 15 is 0 Å². The van der Waals surface area contributed by atoms with Crippen LogP contribution in [0.1, 0.15) is 0 Å². The molecule has 0 aromatic carbocycles. The van der Waals surface area contributed by atoms with Gasteiger partial charge in [-0.05, 0) is 0 Å². The molecule has 0 aliphatic carbocycles. The number of hydrogen-bond donors (Lipinski definition) is 5. The third kappa shape index (κ3) is 4.74. The van der Waals surface area contributed by atoms with Gasteiger partial charge in [0.1, 0.15) is 18.3 Å². The van der Waals surface area contributed by atoms with Crippen LogP contribution in [0, 0.1) is 0 Å². The van der Waals surface area contributed by atoms with Crippen molar-refractivity contribution in [2.45, 2.75) is 47.9 Å². The summed E-state index contributed by atoms with van der Waals surface area (Å²) in [6, 6.07) is 0. The van der Waals surface area contributed by atoms with Gasteiger partial charge in [-0.15, -0.1) is 0 Å². The first-order valence-corrected chi connectivity index (χ1v) is 7.58. The summed E-state index contributed by atoms with van der Waals surface area (Å²) in [5, 5.41) is 28.0. The number of halogens is 9. The molecule has 0 aromatic heterocycles. The molecule has 0 radical (unpaired) electrons. The lowest BCUT2D eigenvalue weighted by Crippen LogP contribution is -2.63. The number of alkyl halides is 9. The van der Waals surface area contributed by atoms with Crippen LogP contribution in [0.15, 0.2) is 0 Å². The number of hydrogen-bond acceptors (Lipinski definition) is 7. The van der Waals surface area contributed by atoms with Gasteiger partial charge in [-0.3, -0.25) is 4.55 Å². The van der Waals surface area contributed by atoms with Crippen molar-refractivity contribution in [3.05, 3.63) is 0 Å². The fourth-order valence-electron chi connectivity index (χ4n) is 1.40. The highest BCUT2D eigenvalue weighted by Gasteiger charge is 2.85. The van der Waals surface area contributed by atoms with Gasteiger partial charge in [0.05, 0.1) is 6.61 Å². The first kappa shape index (κ1) is 26.1. The van der Waals surface area contributed by atoms with Crippen LogP contribution in [-0.4, -0.2) is 87.9 Å². The van der Waals surface area contributed by atoms with E-state index in [0.29, 0.717) is 0 Å². The smallest absolute Gasteiger partial charge is 0.394 e. The molecule has 0 unspecified atom stereocenters. The second-order valence-corrected chi connectivity index (χ2v) is 6.33. The number of aliphatic hydroxyl groups is 4. The van der Waals surface area contributed by atoms with Crippen molar-refractivity contribution in [2.75, 3.05) is 6.61 Å². The van der Waals surface area contributed by atoms with Gasteiger partial charge in [-0.1, -0.05) is 0 Å². The molecule has 0 amide bonds. The van der Waals surface area contributed by atoms with Gasteiger partial charge in [-0.25, -0.2) is 0 Å². The SMILES string of the molecule is O=S(=O)(O)C(F)(F)C(F)(F)C(F)(F)C(F)(F)F.OC[C@H]1O[C@@H](O)[C@H](O)[C@@H]1O. The normalized spacial score (nSPS) is 27.9. The van der Waals surface area contributed by atoms with Crippen LogP contribution >= 0.6 is 0 Å². The molecule has 5 N–H and O–H groups in total. The predicted molar refractivity (Wildman–Crippen MR) is 62.4 cm³/mol. The van der Waals surface area contributed by atoms with E-state index < -0.39 is 64.6 Å². The fourth-order valence-corrected chi connectivity index (χ4v) is 1.85. The Hall–Kier alpha value is -0.920. The molecule has 1 aliphatic rings. The van der Waals surface area contributed by atoms with Crippen molar-refractivity contribution in [1.29, 1.82) is 0 Å². The summed E-state index contributed by atoms with van der Waals surface area (Å²) in [7, 11) is -7.17. The van der Waals surface area contributed by atoms with Crippen molar-refractivity contribution < 1.29 is 77.6 Å². The van der Waals surface area contributed by atoms with E-state index in [9.17, 15) is 47.9 Å². The quantitative estimate of drug-likeness (QED) is 0.291. The highest BCUT2D eigenvalue weighted by atomic mass is 32.2. The molecule has 0 saturated carbocycles. The molecule has 4 atom stereocenters. The molecule has 27 heavy (non-hydrogen) atoms. The monoisotopic (exact) mass is 450 g/mol. The molecular weight excluding hydrogens is 439 g/mol. The molecule has 164 valence electrons. The molecule has 1 heterocycles. The van der Waals surface area contributed by atoms with E-state index in [1.165, 1.54) is 0 Å². The summed E-state index contributed by atoms with van der Waals surface area (Å²) < 4.78 is 138. The molecule has 8 nitrogen and oxygen atoms in total. The van der Waals surface area contributed by atoms with Gasteiger partial charge in [0.2, 0.25) is 0 Å². The molecule has 0 bridgehead atoms. The van der Waals surface area contributed by atoms with E-state index in [1.54, 1.807) is 0 Å². The van der Waals surface area contributed by atoms with E-state index in [-0.39, 0.29) is 0 Å². The Morgan fingerprint density at radius 2 is 1.22 bits per heavy atom. The topological polar surface area (TPSA) is 145 Å². The Balaban J connectivity index is 0.000000569. The van der Waals surface area contributed by atoms with Gasteiger partial charge in [-0.2, -0.15) is 47.9 Å². The Bertz CT molecular complexity index is 607. The molecule has 1 rings (SSSR count). The van der Waals surface area contributed by atoms with Crippen LogP contribution in [0.5, 0.6) is 0 Å². The van der Waals surface area contributed by atoms with Crippen molar-refractivity contribution in [3.63, 3.8) is 0 Å². The van der Waals surface area contributed by atoms with Crippen molar-refractivity contribution in [2.24, 2.45) is 0 Å². The molecule has 1 fully saturated rings. The number of rotatable bonds is 4. The maximum atomic E-state index is 12.2. The van der Waals surface area contributed by atoms with E-state index in [0.717, 1.165) is 0 Å². The lowest BCUT2D eigenvalue weighted by atomic mass is 10.1. The molecule has 18 heteroatoms. The Kier molecular flexibility index (Phi) is 7.57. The molecule has 0 aromatic rings.